The SMILES string of the molecule is CC(N)(C(=O)N1CCC1(C)C)C1CC1. The minimum absolute atomic E-state index is 0.0343. The second kappa shape index (κ2) is 2.72. The molecule has 0 bridgehead atoms. The van der Waals surface area contributed by atoms with E-state index in [9.17, 15) is 4.79 Å². The van der Waals surface area contributed by atoms with E-state index in [2.05, 4.69) is 13.8 Å². The molecule has 0 radical (unpaired) electrons. The van der Waals surface area contributed by atoms with Gasteiger partial charge in [-0.2, -0.15) is 0 Å². The summed E-state index contributed by atoms with van der Waals surface area (Å²) in [6.45, 7) is 6.99. The fourth-order valence-electron chi connectivity index (χ4n) is 2.20. The smallest absolute Gasteiger partial charge is 0.243 e. The van der Waals surface area contributed by atoms with Gasteiger partial charge in [0.05, 0.1) is 5.54 Å². The molecule has 1 atom stereocenters. The van der Waals surface area contributed by atoms with Crippen molar-refractivity contribution in [1.29, 1.82) is 0 Å². The van der Waals surface area contributed by atoms with Crippen molar-refractivity contribution in [1.82, 2.24) is 4.90 Å². The zero-order chi connectivity index (χ0) is 10.6. The van der Waals surface area contributed by atoms with Gasteiger partial charge in [0.1, 0.15) is 0 Å². The molecular formula is C11H20N2O. The van der Waals surface area contributed by atoms with Crippen molar-refractivity contribution in [3.8, 4) is 0 Å². The molecule has 0 aromatic carbocycles. The van der Waals surface area contributed by atoms with E-state index in [4.69, 9.17) is 5.73 Å². The minimum Gasteiger partial charge on any atom is -0.336 e. The van der Waals surface area contributed by atoms with Crippen LogP contribution < -0.4 is 5.73 Å². The van der Waals surface area contributed by atoms with Crippen LogP contribution in [-0.2, 0) is 4.79 Å². The molecule has 2 fully saturated rings. The molecule has 14 heavy (non-hydrogen) atoms. The molecule has 1 saturated heterocycles. The third-order valence-corrected chi connectivity index (χ3v) is 3.81. The van der Waals surface area contributed by atoms with Gasteiger partial charge in [-0.3, -0.25) is 4.79 Å². The summed E-state index contributed by atoms with van der Waals surface area (Å²) in [7, 11) is 0. The van der Waals surface area contributed by atoms with Gasteiger partial charge in [-0.15, -0.1) is 0 Å². The van der Waals surface area contributed by atoms with Gasteiger partial charge >= 0.3 is 0 Å². The number of carbonyl (C=O) groups is 1. The topological polar surface area (TPSA) is 46.3 Å². The summed E-state index contributed by atoms with van der Waals surface area (Å²) in [5, 5.41) is 0. The molecule has 2 rings (SSSR count). The van der Waals surface area contributed by atoms with Crippen LogP contribution in [0.4, 0.5) is 0 Å². The first kappa shape index (κ1) is 9.97. The molecule has 1 aliphatic carbocycles. The Balaban J connectivity index is 2.08. The molecule has 2 aliphatic rings. The minimum atomic E-state index is -0.613. The largest absolute Gasteiger partial charge is 0.336 e. The van der Waals surface area contributed by atoms with E-state index < -0.39 is 5.54 Å². The summed E-state index contributed by atoms with van der Waals surface area (Å²) < 4.78 is 0. The maximum Gasteiger partial charge on any atom is 0.243 e. The predicted octanol–water partition coefficient (Wildman–Crippen LogP) is 1.12. The Morgan fingerprint density at radius 1 is 1.50 bits per heavy atom. The van der Waals surface area contributed by atoms with Crippen LogP contribution in [0.3, 0.4) is 0 Å². The molecule has 0 spiro atoms. The van der Waals surface area contributed by atoms with E-state index in [-0.39, 0.29) is 11.4 Å². The van der Waals surface area contributed by atoms with Gasteiger partial charge in [-0.05, 0) is 46.0 Å². The first-order valence-corrected chi connectivity index (χ1v) is 5.46. The first-order chi connectivity index (χ1) is 6.36. The summed E-state index contributed by atoms with van der Waals surface area (Å²) in [6.07, 6.45) is 3.33. The lowest BCUT2D eigenvalue weighted by Gasteiger charge is -2.51. The van der Waals surface area contributed by atoms with E-state index in [1.54, 1.807) is 0 Å². The van der Waals surface area contributed by atoms with Crippen LogP contribution in [-0.4, -0.2) is 28.4 Å². The third kappa shape index (κ3) is 1.34. The Hall–Kier alpha value is -0.570. The van der Waals surface area contributed by atoms with Crippen molar-refractivity contribution in [2.75, 3.05) is 6.54 Å². The highest BCUT2D eigenvalue weighted by Crippen LogP contribution is 2.41. The normalized spacial score (nSPS) is 29.3. The molecule has 3 heteroatoms. The van der Waals surface area contributed by atoms with Crippen molar-refractivity contribution in [3.05, 3.63) is 0 Å². The predicted molar refractivity (Wildman–Crippen MR) is 55.7 cm³/mol. The van der Waals surface area contributed by atoms with E-state index in [1.165, 1.54) is 0 Å². The van der Waals surface area contributed by atoms with Crippen LogP contribution in [0.2, 0.25) is 0 Å². The van der Waals surface area contributed by atoms with Gasteiger partial charge in [0.25, 0.3) is 0 Å². The number of hydrogen-bond acceptors (Lipinski definition) is 2. The number of nitrogens with two attached hydrogens (primary N) is 1. The Bertz CT molecular complexity index is 266. The average molecular weight is 196 g/mol. The van der Waals surface area contributed by atoms with Crippen LogP contribution in [0.15, 0.2) is 0 Å². The van der Waals surface area contributed by atoms with Gasteiger partial charge in [0.2, 0.25) is 5.91 Å². The molecule has 1 aliphatic heterocycles. The maximum atomic E-state index is 12.1. The third-order valence-electron chi connectivity index (χ3n) is 3.81. The Morgan fingerprint density at radius 2 is 2.07 bits per heavy atom. The molecule has 80 valence electrons. The first-order valence-electron chi connectivity index (χ1n) is 5.46. The summed E-state index contributed by atoms with van der Waals surface area (Å²) in [5.74, 6) is 0.572. The number of nitrogens with zero attached hydrogens (tertiary/aromatic N) is 1. The Morgan fingerprint density at radius 3 is 2.36 bits per heavy atom. The Labute approximate surface area is 85.6 Å². The summed E-state index contributed by atoms with van der Waals surface area (Å²) in [4.78, 5) is 14.1. The van der Waals surface area contributed by atoms with Crippen LogP contribution >= 0.6 is 0 Å². The van der Waals surface area contributed by atoms with Crippen LogP contribution in [0, 0.1) is 5.92 Å². The summed E-state index contributed by atoms with van der Waals surface area (Å²) in [6, 6.07) is 0. The zero-order valence-corrected chi connectivity index (χ0v) is 9.34. The fraction of sp³-hybridized carbons (Fsp3) is 0.909. The van der Waals surface area contributed by atoms with Crippen molar-refractivity contribution < 1.29 is 4.79 Å². The highest BCUT2D eigenvalue weighted by Gasteiger charge is 2.50. The van der Waals surface area contributed by atoms with Crippen molar-refractivity contribution >= 4 is 5.91 Å². The van der Waals surface area contributed by atoms with Gasteiger partial charge in [0.15, 0.2) is 0 Å². The van der Waals surface area contributed by atoms with Crippen molar-refractivity contribution in [2.24, 2.45) is 11.7 Å². The van der Waals surface area contributed by atoms with Gasteiger partial charge < -0.3 is 10.6 Å². The lowest BCUT2D eigenvalue weighted by atomic mass is 9.84. The number of carbonyl (C=O) groups excluding carboxylic acids is 1. The Kier molecular flexibility index (Phi) is 1.94. The number of rotatable bonds is 2. The van der Waals surface area contributed by atoms with Crippen molar-refractivity contribution in [3.63, 3.8) is 0 Å². The molecule has 1 unspecified atom stereocenters. The van der Waals surface area contributed by atoms with E-state index in [1.807, 2.05) is 11.8 Å². The average Bonchev–Trinajstić information content (AvgIpc) is 2.84. The number of likely N-dealkylation sites (tertiary alicyclic amines) is 1. The summed E-state index contributed by atoms with van der Waals surface area (Å²) >= 11 is 0. The van der Waals surface area contributed by atoms with Crippen molar-refractivity contribution in [2.45, 2.75) is 51.1 Å². The molecular weight excluding hydrogens is 176 g/mol. The van der Waals surface area contributed by atoms with E-state index >= 15 is 0 Å². The molecule has 1 amide bonds. The van der Waals surface area contributed by atoms with Crippen LogP contribution in [0.25, 0.3) is 0 Å². The molecule has 2 N–H and O–H groups in total. The lowest BCUT2D eigenvalue weighted by molar-refractivity contribution is -0.151. The molecule has 1 saturated carbocycles. The maximum absolute atomic E-state index is 12.1. The monoisotopic (exact) mass is 196 g/mol. The molecule has 3 nitrogen and oxygen atoms in total. The number of hydrogen-bond donors (Lipinski definition) is 1. The lowest BCUT2D eigenvalue weighted by Crippen LogP contribution is -2.66. The van der Waals surface area contributed by atoms with E-state index in [0.717, 1.165) is 25.8 Å². The standard InChI is InChI=1S/C11H20N2O/c1-10(2)6-7-13(10)9(14)11(3,12)8-4-5-8/h8H,4-7,12H2,1-3H3. The van der Waals surface area contributed by atoms with Gasteiger partial charge in [-0.1, -0.05) is 0 Å². The van der Waals surface area contributed by atoms with Gasteiger partial charge in [0, 0.05) is 12.1 Å². The summed E-state index contributed by atoms with van der Waals surface area (Å²) in [5.41, 5.74) is 5.53. The quantitative estimate of drug-likeness (QED) is 0.719. The highest BCUT2D eigenvalue weighted by atomic mass is 16.2. The second-order valence-electron chi connectivity index (χ2n) is 5.58. The second-order valence-corrected chi connectivity index (χ2v) is 5.58. The van der Waals surface area contributed by atoms with Crippen LogP contribution in [0.5, 0.6) is 0 Å². The highest BCUT2D eigenvalue weighted by molar-refractivity contribution is 5.87. The number of amides is 1. The van der Waals surface area contributed by atoms with E-state index in [0.29, 0.717) is 5.92 Å². The zero-order valence-electron chi connectivity index (χ0n) is 9.34. The van der Waals surface area contributed by atoms with Crippen LogP contribution in [0.1, 0.15) is 40.0 Å². The fourth-order valence-corrected chi connectivity index (χ4v) is 2.20. The molecule has 1 heterocycles. The van der Waals surface area contributed by atoms with Gasteiger partial charge in [-0.25, -0.2) is 0 Å². The molecule has 0 aromatic heterocycles. The molecule has 0 aromatic rings.